The lowest BCUT2D eigenvalue weighted by Crippen LogP contribution is -2.45. The molecule has 1 fully saturated rings. The van der Waals surface area contributed by atoms with E-state index < -0.39 is 23.5 Å². The fourth-order valence-electron chi connectivity index (χ4n) is 5.10. The minimum atomic E-state index is -0.989. The Hall–Kier alpha value is -3.67. The Morgan fingerprint density at radius 2 is 1.72 bits per heavy atom. The second-order valence-corrected chi connectivity index (χ2v) is 11.8. The number of morpholine rings is 1. The van der Waals surface area contributed by atoms with Gasteiger partial charge in [-0.25, -0.2) is 0 Å². The van der Waals surface area contributed by atoms with Crippen molar-refractivity contribution in [1.82, 2.24) is 9.80 Å². The molecule has 2 amide bonds. The van der Waals surface area contributed by atoms with E-state index >= 15 is 0 Å². The lowest BCUT2D eigenvalue weighted by Gasteiger charge is -2.26. The minimum Gasteiger partial charge on any atom is -0.491 e. The number of carbonyl (C=O) groups excluding carboxylic acids is 3. The van der Waals surface area contributed by atoms with Crippen molar-refractivity contribution in [2.45, 2.75) is 65.0 Å². The Bertz CT molecular complexity index is 1270. The van der Waals surface area contributed by atoms with Crippen molar-refractivity contribution in [1.29, 1.82) is 0 Å². The summed E-state index contributed by atoms with van der Waals surface area (Å²) in [6.45, 7) is 10.6. The summed E-state index contributed by atoms with van der Waals surface area (Å²) < 4.78 is 28.0. The van der Waals surface area contributed by atoms with Crippen molar-refractivity contribution in [2.75, 3.05) is 46.6 Å². The van der Waals surface area contributed by atoms with E-state index in [1.54, 1.807) is 40.0 Å². The van der Waals surface area contributed by atoms with Gasteiger partial charge in [0.25, 0.3) is 5.91 Å². The van der Waals surface area contributed by atoms with Crippen molar-refractivity contribution >= 4 is 17.8 Å². The van der Waals surface area contributed by atoms with Gasteiger partial charge in [-0.3, -0.25) is 19.3 Å². The first kappa shape index (κ1) is 32.2. The van der Waals surface area contributed by atoms with Crippen LogP contribution in [0.1, 0.15) is 60.7 Å². The number of carbonyl (C=O) groups is 3. The van der Waals surface area contributed by atoms with Crippen LogP contribution in [0.25, 0.3) is 0 Å². The van der Waals surface area contributed by atoms with Crippen LogP contribution in [0.5, 0.6) is 11.5 Å². The number of nitrogens with zero attached hydrogens (tertiary/aromatic N) is 2. The summed E-state index contributed by atoms with van der Waals surface area (Å²) >= 11 is 0. The van der Waals surface area contributed by atoms with Crippen molar-refractivity contribution in [3.05, 3.63) is 58.7 Å². The van der Waals surface area contributed by atoms with Crippen LogP contribution in [0.2, 0.25) is 0 Å². The predicted octanol–water partition coefficient (Wildman–Crippen LogP) is 3.05. The second-order valence-electron chi connectivity index (χ2n) is 11.8. The molecule has 2 aliphatic rings. The highest BCUT2D eigenvalue weighted by Gasteiger charge is 2.38. The number of esters is 1. The van der Waals surface area contributed by atoms with Gasteiger partial charge in [-0.15, -0.1) is 0 Å². The number of amides is 2. The van der Waals surface area contributed by atoms with E-state index in [4.69, 9.17) is 29.4 Å². The van der Waals surface area contributed by atoms with E-state index in [2.05, 4.69) is 17.0 Å². The summed E-state index contributed by atoms with van der Waals surface area (Å²) in [6.07, 6.45) is -0.00453. The van der Waals surface area contributed by atoms with E-state index in [0.29, 0.717) is 29.2 Å². The molecule has 0 saturated carbocycles. The fourth-order valence-corrected chi connectivity index (χ4v) is 5.10. The molecule has 0 radical (unpaired) electrons. The highest BCUT2D eigenvalue weighted by molar-refractivity contribution is 6.02. The minimum absolute atomic E-state index is 0.0498. The molecule has 0 aromatic heterocycles. The van der Waals surface area contributed by atoms with E-state index in [1.165, 1.54) is 10.5 Å². The van der Waals surface area contributed by atoms with Crippen LogP contribution < -0.4 is 15.2 Å². The number of methoxy groups -OCH3 is 1. The summed E-state index contributed by atoms with van der Waals surface area (Å²) in [4.78, 5) is 42.1. The predicted molar refractivity (Wildman–Crippen MR) is 159 cm³/mol. The van der Waals surface area contributed by atoms with E-state index in [0.717, 1.165) is 38.4 Å². The van der Waals surface area contributed by atoms with Gasteiger partial charge in [-0.05, 0) is 44.4 Å². The molecule has 0 aliphatic carbocycles. The van der Waals surface area contributed by atoms with Crippen LogP contribution in [0.4, 0.5) is 0 Å². The average Bonchev–Trinajstić information content (AvgIpc) is 3.28. The molecule has 2 aliphatic heterocycles. The highest BCUT2D eigenvalue weighted by atomic mass is 16.6. The summed E-state index contributed by atoms with van der Waals surface area (Å²) in [6, 6.07) is 10.7. The Balaban J connectivity index is 1.48. The van der Waals surface area contributed by atoms with E-state index in [-0.39, 0.29) is 38.5 Å². The van der Waals surface area contributed by atoms with E-state index in [1.807, 2.05) is 12.1 Å². The van der Waals surface area contributed by atoms with Crippen LogP contribution in [-0.2, 0) is 43.5 Å². The van der Waals surface area contributed by atoms with Gasteiger partial charge in [0, 0.05) is 44.8 Å². The number of fused-ring (bicyclic) bond motifs is 1. The molecule has 11 heteroatoms. The molecule has 0 bridgehead atoms. The van der Waals surface area contributed by atoms with Gasteiger partial charge in [0.15, 0.2) is 0 Å². The molecule has 2 N–H and O–H groups in total. The van der Waals surface area contributed by atoms with Crippen LogP contribution >= 0.6 is 0 Å². The number of benzene rings is 2. The Morgan fingerprint density at radius 3 is 2.37 bits per heavy atom. The molecular formula is C32H43N3O8. The first-order valence-corrected chi connectivity index (χ1v) is 14.7. The summed E-state index contributed by atoms with van der Waals surface area (Å²) in [5.74, 6) is -0.602. The van der Waals surface area contributed by atoms with Gasteiger partial charge >= 0.3 is 5.97 Å². The number of rotatable bonds is 14. The van der Waals surface area contributed by atoms with Crippen molar-refractivity contribution in [3.8, 4) is 11.5 Å². The molecule has 2 aromatic carbocycles. The van der Waals surface area contributed by atoms with Crippen LogP contribution in [0.3, 0.4) is 0 Å². The van der Waals surface area contributed by atoms with Gasteiger partial charge < -0.3 is 34.3 Å². The highest BCUT2D eigenvalue weighted by Crippen LogP contribution is 2.37. The van der Waals surface area contributed by atoms with Gasteiger partial charge in [-0.2, -0.15) is 0 Å². The SMILES string of the molecule is COCCOc1cc(OCc2ccc(CN3CCOCC3)cc2)c2c(c1)C(=O)N([C@@H](CCC(=O)OC(C)(C)C)C(N)=O)C2. The number of primary amides is 1. The van der Waals surface area contributed by atoms with Gasteiger partial charge in [0.2, 0.25) is 5.91 Å². The number of hydrogen-bond donors (Lipinski definition) is 1. The Kier molecular flexibility index (Phi) is 11.0. The maximum absolute atomic E-state index is 13.6. The third-order valence-corrected chi connectivity index (χ3v) is 7.23. The summed E-state index contributed by atoms with van der Waals surface area (Å²) in [5, 5.41) is 0. The lowest BCUT2D eigenvalue weighted by atomic mass is 10.1. The van der Waals surface area contributed by atoms with Gasteiger partial charge in [-0.1, -0.05) is 24.3 Å². The molecule has 4 rings (SSSR count). The molecule has 234 valence electrons. The van der Waals surface area contributed by atoms with Crippen LogP contribution in [0, 0.1) is 0 Å². The third kappa shape index (κ3) is 9.16. The number of ether oxygens (including phenoxy) is 5. The largest absolute Gasteiger partial charge is 0.491 e. The maximum Gasteiger partial charge on any atom is 0.306 e. The van der Waals surface area contributed by atoms with Gasteiger partial charge in [0.05, 0.1) is 31.9 Å². The zero-order valence-electron chi connectivity index (χ0n) is 25.6. The average molecular weight is 598 g/mol. The smallest absolute Gasteiger partial charge is 0.306 e. The Morgan fingerprint density at radius 1 is 1.02 bits per heavy atom. The topological polar surface area (TPSA) is 130 Å². The first-order valence-electron chi connectivity index (χ1n) is 14.7. The lowest BCUT2D eigenvalue weighted by molar-refractivity contribution is -0.155. The van der Waals surface area contributed by atoms with Crippen molar-refractivity contribution in [3.63, 3.8) is 0 Å². The number of nitrogens with two attached hydrogens (primary N) is 1. The molecule has 0 unspecified atom stereocenters. The standard InChI is InChI=1S/C32H43N3O8/c1-32(2,3)43-29(36)10-9-27(30(33)37)35-20-26-25(31(35)38)17-24(41-16-15-39-4)18-28(26)42-21-23-7-5-22(6-8-23)19-34-11-13-40-14-12-34/h5-8,17-18,27H,9-16,19-21H2,1-4H3,(H2,33,37)/t27-/m0/s1. The molecule has 43 heavy (non-hydrogen) atoms. The molecule has 1 atom stereocenters. The molecule has 11 nitrogen and oxygen atoms in total. The molecule has 0 spiro atoms. The third-order valence-electron chi connectivity index (χ3n) is 7.23. The van der Waals surface area contributed by atoms with E-state index in [9.17, 15) is 14.4 Å². The second kappa shape index (κ2) is 14.7. The number of hydrogen-bond acceptors (Lipinski definition) is 9. The molecule has 1 saturated heterocycles. The van der Waals surface area contributed by atoms with Crippen molar-refractivity contribution < 1.29 is 38.1 Å². The fraction of sp³-hybridized carbons (Fsp3) is 0.531. The molecular weight excluding hydrogens is 554 g/mol. The molecule has 2 aromatic rings. The van der Waals surface area contributed by atoms with Crippen molar-refractivity contribution in [2.24, 2.45) is 5.73 Å². The van der Waals surface area contributed by atoms with Crippen LogP contribution in [-0.4, -0.2) is 85.9 Å². The maximum atomic E-state index is 13.6. The first-order chi connectivity index (χ1) is 20.5. The summed E-state index contributed by atoms with van der Waals surface area (Å²) in [5.41, 5.74) is 8.25. The van der Waals surface area contributed by atoms with Crippen LogP contribution in [0.15, 0.2) is 36.4 Å². The molecule has 2 heterocycles. The van der Waals surface area contributed by atoms with Gasteiger partial charge in [0.1, 0.15) is 36.4 Å². The summed E-state index contributed by atoms with van der Waals surface area (Å²) in [7, 11) is 1.58. The zero-order valence-corrected chi connectivity index (χ0v) is 25.6. The Labute approximate surface area is 253 Å². The monoisotopic (exact) mass is 597 g/mol. The quantitative estimate of drug-likeness (QED) is 0.258. The zero-order chi connectivity index (χ0) is 31.0. The normalized spacial score (nSPS) is 16.1.